The van der Waals surface area contributed by atoms with Gasteiger partial charge in [0.05, 0.1) is 31.5 Å². The summed E-state index contributed by atoms with van der Waals surface area (Å²) in [7, 11) is 0. The number of likely N-dealkylation sites (tertiary alicyclic amines) is 2. The summed E-state index contributed by atoms with van der Waals surface area (Å²) in [6.45, 7) is 4.89. The number of ether oxygens (including phenoxy) is 1. The molecule has 1 aromatic carbocycles. The highest BCUT2D eigenvalue weighted by Crippen LogP contribution is 2.25. The maximum Gasteiger partial charge on any atom is 0.227 e. The van der Waals surface area contributed by atoms with Gasteiger partial charge in [0, 0.05) is 39.3 Å². The van der Waals surface area contributed by atoms with Gasteiger partial charge < -0.3 is 19.4 Å². The molecule has 3 aliphatic rings. The van der Waals surface area contributed by atoms with E-state index in [9.17, 15) is 14.4 Å². The standard InChI is InChI=1S/C24H33N3O4/c28-22(16-19-6-2-1-3-7-19)26-10-4-8-20(17-26)24(30)27-11-5-9-21(18-27)23(29)25-12-14-31-15-13-25/h1-3,6-7,20-21H,4-5,8-18H2. The molecule has 0 aromatic heterocycles. The van der Waals surface area contributed by atoms with Crippen molar-refractivity contribution < 1.29 is 19.1 Å². The van der Waals surface area contributed by atoms with Crippen LogP contribution in [0.5, 0.6) is 0 Å². The zero-order valence-electron chi connectivity index (χ0n) is 18.2. The van der Waals surface area contributed by atoms with Gasteiger partial charge in [0.2, 0.25) is 17.7 Å². The summed E-state index contributed by atoms with van der Waals surface area (Å²) in [6.07, 6.45) is 3.73. The van der Waals surface area contributed by atoms with Crippen LogP contribution in [0.4, 0.5) is 0 Å². The number of hydrogen-bond acceptors (Lipinski definition) is 4. The Balaban J connectivity index is 1.32. The summed E-state index contributed by atoms with van der Waals surface area (Å²) in [5.74, 6) is 0.0735. The Morgan fingerprint density at radius 3 is 2.03 bits per heavy atom. The maximum absolute atomic E-state index is 13.3. The molecular formula is C24H33N3O4. The predicted molar refractivity (Wildman–Crippen MR) is 116 cm³/mol. The number of amides is 3. The molecule has 31 heavy (non-hydrogen) atoms. The predicted octanol–water partition coefficient (Wildman–Crippen LogP) is 1.57. The Morgan fingerprint density at radius 1 is 0.774 bits per heavy atom. The van der Waals surface area contributed by atoms with Crippen molar-refractivity contribution >= 4 is 17.7 Å². The third-order valence-electron chi connectivity index (χ3n) is 6.73. The Kier molecular flexibility index (Phi) is 7.22. The maximum atomic E-state index is 13.3. The van der Waals surface area contributed by atoms with E-state index in [1.165, 1.54) is 0 Å². The summed E-state index contributed by atoms with van der Waals surface area (Å²) in [6, 6.07) is 9.75. The smallest absolute Gasteiger partial charge is 0.227 e. The fourth-order valence-corrected chi connectivity index (χ4v) is 4.97. The fraction of sp³-hybridized carbons (Fsp3) is 0.625. The van der Waals surface area contributed by atoms with Crippen molar-refractivity contribution in [3.05, 3.63) is 35.9 Å². The summed E-state index contributed by atoms with van der Waals surface area (Å²) in [5, 5.41) is 0. The molecule has 3 saturated heterocycles. The first-order chi connectivity index (χ1) is 15.1. The van der Waals surface area contributed by atoms with E-state index in [-0.39, 0.29) is 29.6 Å². The highest BCUT2D eigenvalue weighted by atomic mass is 16.5. The molecule has 4 rings (SSSR count). The van der Waals surface area contributed by atoms with Crippen molar-refractivity contribution in [2.24, 2.45) is 11.8 Å². The lowest BCUT2D eigenvalue weighted by atomic mass is 9.92. The van der Waals surface area contributed by atoms with Crippen LogP contribution in [0.3, 0.4) is 0 Å². The number of benzene rings is 1. The molecule has 2 atom stereocenters. The number of hydrogen-bond donors (Lipinski definition) is 0. The molecule has 0 bridgehead atoms. The number of morpholine rings is 1. The van der Waals surface area contributed by atoms with E-state index in [0.717, 1.165) is 31.2 Å². The molecule has 0 aliphatic carbocycles. The molecule has 3 aliphatic heterocycles. The van der Waals surface area contributed by atoms with E-state index < -0.39 is 0 Å². The normalized spacial score (nSPS) is 24.7. The SMILES string of the molecule is O=C(Cc1ccccc1)N1CCCC(C(=O)N2CCCC(C(=O)N3CCOCC3)C2)C1. The molecule has 1 aromatic rings. The second-order valence-corrected chi connectivity index (χ2v) is 8.90. The molecule has 7 heteroatoms. The first kappa shape index (κ1) is 21.8. The van der Waals surface area contributed by atoms with Crippen LogP contribution in [-0.2, 0) is 25.5 Å². The minimum atomic E-state index is -0.161. The highest BCUT2D eigenvalue weighted by molar-refractivity contribution is 5.84. The Morgan fingerprint density at radius 2 is 1.35 bits per heavy atom. The van der Waals surface area contributed by atoms with Crippen LogP contribution >= 0.6 is 0 Å². The minimum absolute atomic E-state index is 0.0858. The summed E-state index contributed by atoms with van der Waals surface area (Å²) >= 11 is 0. The van der Waals surface area contributed by atoms with Gasteiger partial charge in [0.15, 0.2) is 0 Å². The van der Waals surface area contributed by atoms with E-state index in [1.54, 1.807) is 0 Å². The molecule has 7 nitrogen and oxygen atoms in total. The third kappa shape index (κ3) is 5.45. The number of carbonyl (C=O) groups is 3. The second-order valence-electron chi connectivity index (χ2n) is 8.90. The molecule has 2 unspecified atom stereocenters. The van der Waals surface area contributed by atoms with Crippen molar-refractivity contribution in [2.75, 3.05) is 52.5 Å². The van der Waals surface area contributed by atoms with Crippen molar-refractivity contribution in [1.29, 1.82) is 0 Å². The largest absolute Gasteiger partial charge is 0.378 e. The van der Waals surface area contributed by atoms with Gasteiger partial charge in [-0.25, -0.2) is 0 Å². The second kappa shape index (κ2) is 10.3. The van der Waals surface area contributed by atoms with Crippen LogP contribution < -0.4 is 0 Å². The first-order valence-corrected chi connectivity index (χ1v) is 11.6. The van der Waals surface area contributed by atoms with Crippen molar-refractivity contribution in [3.8, 4) is 0 Å². The summed E-state index contributed by atoms with van der Waals surface area (Å²) in [4.78, 5) is 44.5. The summed E-state index contributed by atoms with van der Waals surface area (Å²) in [5.41, 5.74) is 1.00. The topological polar surface area (TPSA) is 70.2 Å². The lowest BCUT2D eigenvalue weighted by Crippen LogP contribution is -2.52. The van der Waals surface area contributed by atoms with E-state index >= 15 is 0 Å². The lowest BCUT2D eigenvalue weighted by Gasteiger charge is -2.39. The Labute approximate surface area is 184 Å². The molecule has 3 fully saturated rings. The van der Waals surface area contributed by atoms with Crippen molar-refractivity contribution in [1.82, 2.24) is 14.7 Å². The Hall–Kier alpha value is -2.41. The van der Waals surface area contributed by atoms with Crippen LogP contribution in [-0.4, -0.2) is 84.9 Å². The van der Waals surface area contributed by atoms with Crippen LogP contribution in [0.2, 0.25) is 0 Å². The molecule has 0 spiro atoms. The fourth-order valence-electron chi connectivity index (χ4n) is 4.97. The van der Waals surface area contributed by atoms with Gasteiger partial charge in [-0.05, 0) is 31.2 Å². The van der Waals surface area contributed by atoms with Crippen LogP contribution in [0.25, 0.3) is 0 Å². The quantitative estimate of drug-likeness (QED) is 0.731. The Bertz CT molecular complexity index is 778. The van der Waals surface area contributed by atoms with Crippen LogP contribution in [0.15, 0.2) is 30.3 Å². The molecule has 3 amide bonds. The zero-order valence-corrected chi connectivity index (χ0v) is 18.2. The molecule has 168 valence electrons. The van der Waals surface area contributed by atoms with Gasteiger partial charge in [0.1, 0.15) is 0 Å². The molecule has 0 radical (unpaired) electrons. The average Bonchev–Trinajstić information content (AvgIpc) is 2.84. The van der Waals surface area contributed by atoms with E-state index in [0.29, 0.717) is 58.9 Å². The molecule has 0 N–H and O–H groups in total. The lowest BCUT2D eigenvalue weighted by molar-refractivity contribution is -0.146. The molecule has 0 saturated carbocycles. The van der Waals surface area contributed by atoms with Gasteiger partial charge in [-0.15, -0.1) is 0 Å². The van der Waals surface area contributed by atoms with Gasteiger partial charge in [-0.2, -0.15) is 0 Å². The van der Waals surface area contributed by atoms with Crippen LogP contribution in [0, 0.1) is 11.8 Å². The molecule has 3 heterocycles. The monoisotopic (exact) mass is 427 g/mol. The molecular weight excluding hydrogens is 394 g/mol. The highest BCUT2D eigenvalue weighted by Gasteiger charge is 2.36. The minimum Gasteiger partial charge on any atom is -0.378 e. The number of carbonyl (C=O) groups excluding carboxylic acids is 3. The zero-order chi connectivity index (χ0) is 21.6. The average molecular weight is 428 g/mol. The van der Waals surface area contributed by atoms with E-state index in [4.69, 9.17) is 4.74 Å². The van der Waals surface area contributed by atoms with E-state index in [1.807, 2.05) is 45.0 Å². The van der Waals surface area contributed by atoms with E-state index in [2.05, 4.69) is 0 Å². The number of nitrogens with zero attached hydrogens (tertiary/aromatic N) is 3. The van der Waals surface area contributed by atoms with Crippen molar-refractivity contribution in [2.45, 2.75) is 32.1 Å². The van der Waals surface area contributed by atoms with Crippen molar-refractivity contribution in [3.63, 3.8) is 0 Å². The van der Waals surface area contributed by atoms with Gasteiger partial charge in [0.25, 0.3) is 0 Å². The number of rotatable bonds is 4. The van der Waals surface area contributed by atoms with Crippen LogP contribution in [0.1, 0.15) is 31.2 Å². The summed E-state index contributed by atoms with van der Waals surface area (Å²) < 4.78 is 5.35. The third-order valence-corrected chi connectivity index (χ3v) is 6.73. The number of piperidine rings is 2. The van der Waals surface area contributed by atoms with Gasteiger partial charge >= 0.3 is 0 Å². The first-order valence-electron chi connectivity index (χ1n) is 11.6. The van der Waals surface area contributed by atoms with Gasteiger partial charge in [-0.1, -0.05) is 30.3 Å². The van der Waals surface area contributed by atoms with Gasteiger partial charge in [-0.3, -0.25) is 14.4 Å².